The fourth-order valence-electron chi connectivity index (χ4n) is 3.00. The van der Waals surface area contributed by atoms with Crippen molar-refractivity contribution in [3.8, 4) is 10.7 Å². The lowest BCUT2D eigenvalue weighted by Gasteiger charge is -2.25. The molecule has 0 saturated carbocycles. The van der Waals surface area contributed by atoms with Crippen LogP contribution in [0.15, 0.2) is 18.6 Å². The molecule has 4 rings (SSSR count). The summed E-state index contributed by atoms with van der Waals surface area (Å²) in [5.41, 5.74) is 0. The van der Waals surface area contributed by atoms with Crippen LogP contribution in [0, 0.1) is 0 Å². The number of imidazole rings is 1. The van der Waals surface area contributed by atoms with Crippen LogP contribution in [-0.2, 0) is 20.9 Å². The predicted octanol–water partition coefficient (Wildman–Crippen LogP) is 0.823. The van der Waals surface area contributed by atoms with Crippen LogP contribution >= 0.6 is 11.3 Å². The van der Waals surface area contributed by atoms with E-state index in [1.54, 1.807) is 17.5 Å². The summed E-state index contributed by atoms with van der Waals surface area (Å²) >= 11 is 1.66. The number of carboxylic acid groups (broad SMARTS) is 1. The van der Waals surface area contributed by atoms with Crippen LogP contribution in [0.1, 0.15) is 12.8 Å². The summed E-state index contributed by atoms with van der Waals surface area (Å²) in [6, 6.07) is 0.196. The molecule has 2 aliphatic rings. The smallest absolute Gasteiger partial charge is 0.290 e. The van der Waals surface area contributed by atoms with Gasteiger partial charge in [-0.15, -0.1) is 0 Å². The number of morpholine rings is 1. The number of carbonyl (C=O) groups excluding carboxylic acids is 1. The van der Waals surface area contributed by atoms with Gasteiger partial charge in [-0.2, -0.15) is 0 Å². The third-order valence-electron chi connectivity index (χ3n) is 4.21. The SMILES string of the molecule is O=C1CCC(Cn2ccnc2-c2cnc(N3CCOCC3)s2)N1.O=CO. The van der Waals surface area contributed by atoms with Crippen LogP contribution in [0.2, 0.25) is 0 Å². The second-order valence-electron chi connectivity index (χ2n) is 5.92. The molecule has 1 atom stereocenters. The molecule has 140 valence electrons. The number of ether oxygens (including phenoxy) is 1. The van der Waals surface area contributed by atoms with Crippen molar-refractivity contribution in [2.24, 2.45) is 0 Å². The lowest BCUT2D eigenvalue weighted by molar-refractivity contribution is -0.123. The zero-order valence-corrected chi connectivity index (χ0v) is 15.0. The summed E-state index contributed by atoms with van der Waals surface area (Å²) < 4.78 is 7.49. The lowest BCUT2D eigenvalue weighted by Crippen LogP contribution is -2.36. The largest absolute Gasteiger partial charge is 0.483 e. The summed E-state index contributed by atoms with van der Waals surface area (Å²) in [4.78, 5) is 32.1. The third kappa shape index (κ3) is 4.38. The fourth-order valence-corrected chi connectivity index (χ4v) is 3.98. The Balaban J connectivity index is 0.000000613. The first-order valence-electron chi connectivity index (χ1n) is 8.38. The van der Waals surface area contributed by atoms with E-state index in [0.29, 0.717) is 6.42 Å². The number of anilines is 1. The molecular weight excluding hydrogens is 358 g/mol. The van der Waals surface area contributed by atoms with E-state index in [2.05, 4.69) is 24.8 Å². The van der Waals surface area contributed by atoms with Crippen molar-refractivity contribution in [3.05, 3.63) is 18.6 Å². The highest BCUT2D eigenvalue weighted by atomic mass is 32.1. The second kappa shape index (κ2) is 8.77. The van der Waals surface area contributed by atoms with Crippen LogP contribution in [0.5, 0.6) is 0 Å². The Hall–Kier alpha value is -2.46. The predicted molar refractivity (Wildman–Crippen MR) is 96.2 cm³/mol. The van der Waals surface area contributed by atoms with Gasteiger partial charge in [-0.05, 0) is 6.42 Å². The van der Waals surface area contributed by atoms with E-state index < -0.39 is 0 Å². The molecule has 0 aromatic carbocycles. The lowest BCUT2D eigenvalue weighted by atomic mass is 10.2. The molecule has 2 fully saturated rings. The number of nitrogens with one attached hydrogen (secondary N) is 1. The average Bonchev–Trinajstić information content (AvgIpc) is 3.38. The standard InChI is InChI=1S/C15H19N5O2S.CH2O2/c21-13-2-1-11(18-13)10-20-4-3-16-14(20)12-9-17-15(23-12)19-5-7-22-8-6-19;2-1-3/h3-4,9,11H,1-2,5-8,10H2,(H,18,21);1H,(H,2,3). The molecule has 2 saturated heterocycles. The molecule has 2 aliphatic heterocycles. The van der Waals surface area contributed by atoms with Gasteiger partial charge in [0.25, 0.3) is 6.47 Å². The number of amides is 1. The van der Waals surface area contributed by atoms with Gasteiger partial charge in [-0.25, -0.2) is 9.97 Å². The van der Waals surface area contributed by atoms with Crippen molar-refractivity contribution in [2.45, 2.75) is 25.4 Å². The van der Waals surface area contributed by atoms with Gasteiger partial charge in [0.1, 0.15) is 0 Å². The number of hydrogen-bond acceptors (Lipinski definition) is 7. The van der Waals surface area contributed by atoms with E-state index in [1.165, 1.54) is 0 Å². The van der Waals surface area contributed by atoms with Crippen molar-refractivity contribution in [3.63, 3.8) is 0 Å². The first-order chi connectivity index (χ1) is 12.7. The minimum absolute atomic E-state index is 0.143. The molecule has 0 radical (unpaired) electrons. The molecule has 0 spiro atoms. The molecule has 4 heterocycles. The number of rotatable bonds is 4. The maximum atomic E-state index is 11.4. The maximum absolute atomic E-state index is 11.4. The highest BCUT2D eigenvalue weighted by Crippen LogP contribution is 2.30. The molecular formula is C16H21N5O4S. The molecule has 0 bridgehead atoms. The van der Waals surface area contributed by atoms with Crippen LogP contribution in [0.4, 0.5) is 5.13 Å². The Labute approximate surface area is 154 Å². The first kappa shape index (κ1) is 18.3. The van der Waals surface area contributed by atoms with Crippen molar-refractivity contribution in [2.75, 3.05) is 31.2 Å². The molecule has 2 aromatic rings. The Kier molecular flexibility index (Phi) is 6.18. The van der Waals surface area contributed by atoms with Crippen molar-refractivity contribution in [1.29, 1.82) is 0 Å². The zero-order valence-electron chi connectivity index (χ0n) is 14.2. The topological polar surface area (TPSA) is 110 Å². The van der Waals surface area contributed by atoms with E-state index in [-0.39, 0.29) is 18.4 Å². The van der Waals surface area contributed by atoms with E-state index in [1.807, 2.05) is 12.4 Å². The number of carbonyl (C=O) groups is 2. The Morgan fingerprint density at radius 3 is 2.85 bits per heavy atom. The molecule has 1 amide bonds. The van der Waals surface area contributed by atoms with Gasteiger partial charge < -0.3 is 24.6 Å². The van der Waals surface area contributed by atoms with Gasteiger partial charge in [0.15, 0.2) is 11.0 Å². The van der Waals surface area contributed by atoms with Gasteiger partial charge in [-0.1, -0.05) is 11.3 Å². The molecule has 10 heteroatoms. The normalized spacial score (nSPS) is 19.6. The van der Waals surface area contributed by atoms with Crippen LogP contribution in [-0.4, -0.2) is 64.4 Å². The molecule has 2 N–H and O–H groups in total. The van der Waals surface area contributed by atoms with Gasteiger partial charge in [-0.3, -0.25) is 9.59 Å². The van der Waals surface area contributed by atoms with Gasteiger partial charge in [0.2, 0.25) is 5.91 Å². The number of nitrogens with zero attached hydrogens (tertiary/aromatic N) is 4. The highest BCUT2D eigenvalue weighted by molar-refractivity contribution is 7.18. The van der Waals surface area contributed by atoms with Crippen LogP contribution < -0.4 is 10.2 Å². The van der Waals surface area contributed by atoms with Crippen molar-refractivity contribution >= 4 is 28.8 Å². The van der Waals surface area contributed by atoms with Crippen LogP contribution in [0.3, 0.4) is 0 Å². The number of aromatic nitrogens is 3. The first-order valence-corrected chi connectivity index (χ1v) is 9.20. The molecule has 2 aromatic heterocycles. The Morgan fingerprint density at radius 2 is 2.15 bits per heavy atom. The third-order valence-corrected chi connectivity index (χ3v) is 5.27. The molecule has 26 heavy (non-hydrogen) atoms. The van der Waals surface area contributed by atoms with E-state index in [9.17, 15) is 4.79 Å². The summed E-state index contributed by atoms with van der Waals surface area (Å²) in [5, 5.41) is 10.9. The summed E-state index contributed by atoms with van der Waals surface area (Å²) in [7, 11) is 0. The minimum atomic E-state index is -0.250. The van der Waals surface area contributed by atoms with E-state index in [0.717, 1.165) is 55.1 Å². The molecule has 9 nitrogen and oxygen atoms in total. The van der Waals surface area contributed by atoms with E-state index >= 15 is 0 Å². The summed E-state index contributed by atoms with van der Waals surface area (Å²) in [6.45, 7) is 3.78. The zero-order chi connectivity index (χ0) is 18.4. The van der Waals surface area contributed by atoms with Gasteiger partial charge in [0.05, 0.1) is 24.3 Å². The molecule has 1 unspecified atom stereocenters. The maximum Gasteiger partial charge on any atom is 0.290 e. The van der Waals surface area contributed by atoms with Gasteiger partial charge >= 0.3 is 0 Å². The van der Waals surface area contributed by atoms with Crippen molar-refractivity contribution in [1.82, 2.24) is 19.9 Å². The average molecular weight is 379 g/mol. The Morgan fingerprint density at radius 1 is 1.38 bits per heavy atom. The van der Waals surface area contributed by atoms with E-state index in [4.69, 9.17) is 14.6 Å². The van der Waals surface area contributed by atoms with Crippen molar-refractivity contribution < 1.29 is 19.4 Å². The second-order valence-corrected chi connectivity index (χ2v) is 6.93. The monoisotopic (exact) mass is 379 g/mol. The number of hydrogen-bond donors (Lipinski definition) is 2. The minimum Gasteiger partial charge on any atom is -0.483 e. The van der Waals surface area contributed by atoms with Crippen LogP contribution in [0.25, 0.3) is 10.7 Å². The number of thiazole rings is 1. The summed E-state index contributed by atoms with van der Waals surface area (Å²) in [5.74, 6) is 1.06. The van der Waals surface area contributed by atoms with Gasteiger partial charge in [0, 0.05) is 44.5 Å². The Bertz CT molecular complexity index is 741. The molecule has 0 aliphatic carbocycles. The highest BCUT2D eigenvalue weighted by Gasteiger charge is 2.23. The fraction of sp³-hybridized carbons (Fsp3) is 0.500. The summed E-state index contributed by atoms with van der Waals surface area (Å²) in [6.07, 6.45) is 7.17. The quantitative estimate of drug-likeness (QED) is 0.757.